The van der Waals surface area contributed by atoms with Crippen molar-refractivity contribution in [2.75, 3.05) is 29.9 Å². The van der Waals surface area contributed by atoms with Gasteiger partial charge in [-0.2, -0.15) is 0 Å². The first-order valence-corrected chi connectivity index (χ1v) is 8.69. The van der Waals surface area contributed by atoms with E-state index in [0.717, 1.165) is 37.6 Å². The molecule has 2 heterocycles. The lowest BCUT2D eigenvalue weighted by Crippen LogP contribution is -2.53. The van der Waals surface area contributed by atoms with Crippen molar-refractivity contribution in [3.63, 3.8) is 0 Å². The monoisotopic (exact) mass is 341 g/mol. The van der Waals surface area contributed by atoms with Crippen molar-refractivity contribution in [1.82, 2.24) is 4.90 Å². The van der Waals surface area contributed by atoms with Crippen molar-refractivity contribution >= 4 is 28.9 Å². The molecule has 5 heteroatoms. The minimum absolute atomic E-state index is 0.0626. The van der Waals surface area contributed by atoms with E-state index in [1.54, 1.807) is 0 Å². The third-order valence-electron chi connectivity index (χ3n) is 4.78. The van der Waals surface area contributed by atoms with Gasteiger partial charge in [0.05, 0.1) is 17.4 Å². The second-order valence-electron chi connectivity index (χ2n) is 6.48. The van der Waals surface area contributed by atoms with E-state index in [2.05, 4.69) is 39.4 Å². The molecule has 1 N–H and O–H groups in total. The number of hydrogen-bond acceptors (Lipinski definition) is 3. The lowest BCUT2D eigenvalue weighted by atomic mass is 10.1. The Labute approximate surface area is 147 Å². The Hall–Kier alpha value is -2.04. The molecule has 0 radical (unpaired) electrons. The molecule has 124 valence electrons. The lowest BCUT2D eigenvalue weighted by molar-refractivity contribution is -0.116. The summed E-state index contributed by atoms with van der Waals surface area (Å²) in [5.41, 5.74) is 3.22. The minimum atomic E-state index is 0.0626. The smallest absolute Gasteiger partial charge is 0.226 e. The predicted molar refractivity (Wildman–Crippen MR) is 97.6 cm³/mol. The number of nitrogens with one attached hydrogen (secondary N) is 1. The van der Waals surface area contributed by atoms with Crippen LogP contribution in [-0.4, -0.2) is 36.5 Å². The first kappa shape index (κ1) is 15.5. The molecule has 2 aliphatic heterocycles. The normalized spacial score (nSPS) is 20.8. The molecule has 1 amide bonds. The minimum Gasteiger partial charge on any atom is -0.364 e. The second-order valence-corrected chi connectivity index (χ2v) is 6.92. The van der Waals surface area contributed by atoms with Gasteiger partial charge in [0.2, 0.25) is 5.91 Å². The Kier molecular flexibility index (Phi) is 4.17. The fourth-order valence-electron chi connectivity index (χ4n) is 3.67. The Morgan fingerprint density at radius 1 is 1.12 bits per heavy atom. The maximum absolute atomic E-state index is 12.3. The number of carbonyl (C=O) groups is 1. The highest BCUT2D eigenvalue weighted by molar-refractivity contribution is 6.31. The van der Waals surface area contributed by atoms with Crippen LogP contribution in [0.5, 0.6) is 0 Å². The van der Waals surface area contributed by atoms with Gasteiger partial charge in [-0.25, -0.2) is 0 Å². The van der Waals surface area contributed by atoms with Crippen molar-refractivity contribution in [3.05, 3.63) is 59.1 Å². The van der Waals surface area contributed by atoms with Crippen LogP contribution in [0.25, 0.3) is 0 Å². The summed E-state index contributed by atoms with van der Waals surface area (Å²) in [6.07, 6.45) is 0.511. The molecule has 0 aromatic heterocycles. The third-order valence-corrected chi connectivity index (χ3v) is 5.01. The summed E-state index contributed by atoms with van der Waals surface area (Å²) in [4.78, 5) is 17.1. The molecule has 2 aliphatic rings. The number of nitrogens with zero attached hydrogens (tertiary/aromatic N) is 2. The van der Waals surface area contributed by atoms with Crippen molar-refractivity contribution in [1.29, 1.82) is 0 Å². The van der Waals surface area contributed by atoms with Gasteiger partial charge in [0.15, 0.2) is 0 Å². The molecule has 0 aliphatic carbocycles. The van der Waals surface area contributed by atoms with E-state index in [1.807, 2.05) is 24.3 Å². The summed E-state index contributed by atoms with van der Waals surface area (Å²) in [7, 11) is 0. The van der Waals surface area contributed by atoms with Crippen LogP contribution in [0.1, 0.15) is 12.0 Å². The molecule has 1 atom stereocenters. The molecular formula is C19H20ClN3O. The van der Waals surface area contributed by atoms with Gasteiger partial charge in [-0.1, -0.05) is 41.9 Å². The zero-order valence-electron chi connectivity index (χ0n) is 13.4. The molecule has 0 spiro atoms. The van der Waals surface area contributed by atoms with Crippen LogP contribution in [0.3, 0.4) is 0 Å². The first-order chi connectivity index (χ1) is 11.7. The van der Waals surface area contributed by atoms with Crippen LogP contribution in [0.4, 0.5) is 11.4 Å². The van der Waals surface area contributed by atoms with Crippen LogP contribution in [-0.2, 0) is 11.3 Å². The highest BCUT2D eigenvalue weighted by Gasteiger charge is 2.32. The van der Waals surface area contributed by atoms with E-state index < -0.39 is 0 Å². The van der Waals surface area contributed by atoms with Gasteiger partial charge in [0.1, 0.15) is 0 Å². The van der Waals surface area contributed by atoms with E-state index >= 15 is 0 Å². The van der Waals surface area contributed by atoms with Gasteiger partial charge in [0, 0.05) is 37.6 Å². The maximum Gasteiger partial charge on any atom is 0.226 e. The average molecular weight is 342 g/mol. The summed E-state index contributed by atoms with van der Waals surface area (Å²) < 4.78 is 0. The van der Waals surface area contributed by atoms with Gasteiger partial charge >= 0.3 is 0 Å². The zero-order valence-corrected chi connectivity index (χ0v) is 14.2. The molecule has 1 fully saturated rings. The van der Waals surface area contributed by atoms with Gasteiger partial charge in [-0.15, -0.1) is 0 Å². The SMILES string of the molecule is O=C1CC2CN(Cc3ccccc3)CCN2c2ccc(Cl)cc2N1. The highest BCUT2D eigenvalue weighted by atomic mass is 35.5. The number of piperazine rings is 1. The summed E-state index contributed by atoms with van der Waals surface area (Å²) in [6, 6.07) is 16.5. The number of halogens is 1. The quantitative estimate of drug-likeness (QED) is 0.909. The van der Waals surface area contributed by atoms with E-state index in [-0.39, 0.29) is 11.9 Å². The van der Waals surface area contributed by atoms with Crippen molar-refractivity contribution in [3.8, 4) is 0 Å². The first-order valence-electron chi connectivity index (χ1n) is 8.31. The molecule has 0 saturated carbocycles. The Morgan fingerprint density at radius 3 is 2.79 bits per heavy atom. The molecule has 0 bridgehead atoms. The van der Waals surface area contributed by atoms with Crippen LogP contribution in [0.15, 0.2) is 48.5 Å². The molecule has 1 unspecified atom stereocenters. The number of carbonyl (C=O) groups excluding carboxylic acids is 1. The van der Waals surface area contributed by atoms with Crippen molar-refractivity contribution in [2.45, 2.75) is 19.0 Å². The lowest BCUT2D eigenvalue weighted by Gasteiger charge is -2.42. The van der Waals surface area contributed by atoms with E-state index in [0.29, 0.717) is 11.4 Å². The third kappa shape index (κ3) is 3.12. The maximum atomic E-state index is 12.3. The fraction of sp³-hybridized carbons (Fsp3) is 0.316. The number of fused-ring (bicyclic) bond motifs is 3. The number of amides is 1. The molecule has 2 aromatic rings. The van der Waals surface area contributed by atoms with Crippen molar-refractivity contribution in [2.24, 2.45) is 0 Å². The van der Waals surface area contributed by atoms with Crippen LogP contribution >= 0.6 is 11.6 Å². The van der Waals surface area contributed by atoms with E-state index in [9.17, 15) is 4.79 Å². The average Bonchev–Trinajstić information content (AvgIpc) is 2.70. The molecule has 4 rings (SSSR count). The van der Waals surface area contributed by atoms with Crippen LogP contribution < -0.4 is 10.2 Å². The van der Waals surface area contributed by atoms with Crippen molar-refractivity contribution < 1.29 is 4.79 Å². The van der Waals surface area contributed by atoms with Crippen LogP contribution in [0, 0.1) is 0 Å². The Balaban J connectivity index is 1.55. The second kappa shape index (κ2) is 6.46. The van der Waals surface area contributed by atoms with Gasteiger partial charge in [-0.05, 0) is 23.8 Å². The fourth-order valence-corrected chi connectivity index (χ4v) is 3.84. The molecule has 24 heavy (non-hydrogen) atoms. The summed E-state index contributed by atoms with van der Waals surface area (Å²) >= 11 is 6.09. The highest BCUT2D eigenvalue weighted by Crippen LogP contribution is 2.35. The summed E-state index contributed by atoms with van der Waals surface area (Å²) in [5.74, 6) is 0.0626. The Morgan fingerprint density at radius 2 is 1.96 bits per heavy atom. The topological polar surface area (TPSA) is 35.6 Å². The predicted octanol–water partition coefficient (Wildman–Crippen LogP) is 3.37. The summed E-state index contributed by atoms with van der Waals surface area (Å²) in [6.45, 7) is 3.73. The summed E-state index contributed by atoms with van der Waals surface area (Å²) in [5, 5.41) is 3.65. The van der Waals surface area contributed by atoms with Crippen LogP contribution in [0.2, 0.25) is 5.02 Å². The number of rotatable bonds is 2. The number of benzene rings is 2. The molecule has 4 nitrogen and oxygen atoms in total. The van der Waals surface area contributed by atoms with Gasteiger partial charge < -0.3 is 10.2 Å². The zero-order chi connectivity index (χ0) is 16.5. The number of hydrogen-bond donors (Lipinski definition) is 1. The molecule has 1 saturated heterocycles. The van der Waals surface area contributed by atoms with Gasteiger partial charge in [0.25, 0.3) is 0 Å². The van der Waals surface area contributed by atoms with E-state index in [4.69, 9.17) is 11.6 Å². The van der Waals surface area contributed by atoms with Gasteiger partial charge in [-0.3, -0.25) is 9.69 Å². The molecular weight excluding hydrogens is 322 g/mol. The largest absolute Gasteiger partial charge is 0.364 e. The molecule has 2 aromatic carbocycles. The Bertz CT molecular complexity index is 750. The standard InChI is InChI=1S/C19H20ClN3O/c20-15-6-7-18-17(10-15)21-19(24)11-16-13-22(8-9-23(16)18)12-14-4-2-1-3-5-14/h1-7,10,16H,8-9,11-13H2,(H,21,24). The van der Waals surface area contributed by atoms with E-state index in [1.165, 1.54) is 5.56 Å². The number of anilines is 2.